The summed E-state index contributed by atoms with van der Waals surface area (Å²) in [7, 11) is 0. The summed E-state index contributed by atoms with van der Waals surface area (Å²) in [6.45, 7) is 5.24. The van der Waals surface area contributed by atoms with Gasteiger partial charge >= 0.3 is 0 Å². The topological polar surface area (TPSA) is 17.8 Å². The predicted octanol–water partition coefficient (Wildman–Crippen LogP) is 5.60. The highest BCUT2D eigenvalue weighted by molar-refractivity contribution is 9.10. The van der Waals surface area contributed by atoms with E-state index in [-0.39, 0.29) is 10.6 Å². The fourth-order valence-electron chi connectivity index (χ4n) is 2.56. The maximum atomic E-state index is 13.7. The Kier molecular flexibility index (Phi) is 5.60. The van der Waals surface area contributed by atoms with E-state index in [1.807, 2.05) is 11.8 Å². The van der Waals surface area contributed by atoms with Crippen molar-refractivity contribution >= 4 is 50.3 Å². The molecular formula is C15H19BrClFN2S. The molecule has 0 radical (unpaired) electrons. The number of nitrogens with zero attached hydrogens (tertiary/aromatic N) is 2. The Labute approximate surface area is 142 Å². The molecule has 0 N–H and O–H groups in total. The lowest BCUT2D eigenvalue weighted by atomic mass is 10.0. The van der Waals surface area contributed by atoms with E-state index in [0.29, 0.717) is 15.9 Å². The second-order valence-corrected chi connectivity index (χ2v) is 7.49. The van der Waals surface area contributed by atoms with Crippen LogP contribution in [0.25, 0.3) is 11.0 Å². The standard InChI is InChI=1S/C15H19BrClFN2S/c1-4-15(5-2,21-3)9-20-13-6-10(16)11(18)7-12(13)19-14(20)8-17/h6-7H,4-5,8-9H2,1-3H3. The van der Waals surface area contributed by atoms with Crippen LogP contribution in [0.1, 0.15) is 32.5 Å². The summed E-state index contributed by atoms with van der Waals surface area (Å²) < 4.78 is 16.4. The van der Waals surface area contributed by atoms with E-state index in [4.69, 9.17) is 11.6 Å². The van der Waals surface area contributed by atoms with Crippen molar-refractivity contribution in [2.75, 3.05) is 6.26 Å². The van der Waals surface area contributed by atoms with E-state index in [2.05, 4.69) is 45.6 Å². The predicted molar refractivity (Wildman–Crippen MR) is 93.8 cm³/mol. The molecule has 2 nitrogen and oxygen atoms in total. The van der Waals surface area contributed by atoms with Gasteiger partial charge in [0.05, 0.1) is 21.4 Å². The second-order valence-electron chi connectivity index (χ2n) is 5.10. The molecule has 1 aromatic heterocycles. The van der Waals surface area contributed by atoms with Gasteiger partial charge in [-0.15, -0.1) is 11.6 Å². The highest BCUT2D eigenvalue weighted by atomic mass is 79.9. The highest BCUT2D eigenvalue weighted by Gasteiger charge is 2.27. The number of alkyl halides is 1. The van der Waals surface area contributed by atoms with Crippen LogP contribution < -0.4 is 0 Å². The number of fused-ring (bicyclic) bond motifs is 1. The molecule has 0 aliphatic rings. The first-order valence-corrected chi connectivity index (χ1v) is 9.50. The van der Waals surface area contributed by atoms with E-state index in [1.165, 1.54) is 6.07 Å². The van der Waals surface area contributed by atoms with Crippen molar-refractivity contribution in [2.45, 2.75) is 43.9 Å². The van der Waals surface area contributed by atoms with E-state index in [1.54, 1.807) is 6.07 Å². The summed E-state index contributed by atoms with van der Waals surface area (Å²) in [4.78, 5) is 4.48. The fraction of sp³-hybridized carbons (Fsp3) is 0.533. The number of halogens is 3. The summed E-state index contributed by atoms with van der Waals surface area (Å²) in [5.74, 6) is 0.825. The van der Waals surface area contributed by atoms with Gasteiger partial charge in [0.25, 0.3) is 0 Å². The van der Waals surface area contributed by atoms with Crippen molar-refractivity contribution in [2.24, 2.45) is 0 Å². The van der Waals surface area contributed by atoms with Gasteiger partial charge in [0.2, 0.25) is 0 Å². The van der Waals surface area contributed by atoms with Crippen molar-refractivity contribution in [3.05, 3.63) is 28.2 Å². The van der Waals surface area contributed by atoms with Crippen LogP contribution in [-0.4, -0.2) is 20.6 Å². The van der Waals surface area contributed by atoms with Crippen molar-refractivity contribution in [1.82, 2.24) is 9.55 Å². The van der Waals surface area contributed by atoms with Crippen LogP contribution in [0.2, 0.25) is 0 Å². The van der Waals surface area contributed by atoms with Crippen molar-refractivity contribution in [3.8, 4) is 0 Å². The molecule has 21 heavy (non-hydrogen) atoms. The molecule has 0 amide bonds. The smallest absolute Gasteiger partial charge is 0.139 e. The third-order valence-corrected chi connectivity index (χ3v) is 6.58. The molecule has 0 fully saturated rings. The van der Waals surface area contributed by atoms with Crippen LogP contribution in [-0.2, 0) is 12.4 Å². The lowest BCUT2D eigenvalue weighted by molar-refractivity contribution is 0.466. The summed E-state index contributed by atoms with van der Waals surface area (Å²) >= 11 is 11.2. The molecule has 0 spiro atoms. The number of hydrogen-bond donors (Lipinski definition) is 0. The summed E-state index contributed by atoms with van der Waals surface area (Å²) in [5, 5.41) is 0. The molecule has 0 aliphatic heterocycles. The first-order valence-electron chi connectivity index (χ1n) is 6.95. The number of thioether (sulfide) groups is 1. The summed E-state index contributed by atoms with van der Waals surface area (Å²) in [6.07, 6.45) is 4.27. The largest absolute Gasteiger partial charge is 0.326 e. The van der Waals surface area contributed by atoms with Crippen LogP contribution in [0.3, 0.4) is 0 Å². The molecule has 1 aromatic carbocycles. The highest BCUT2D eigenvalue weighted by Crippen LogP contribution is 2.35. The van der Waals surface area contributed by atoms with Gasteiger partial charge in [-0.05, 0) is 41.1 Å². The van der Waals surface area contributed by atoms with Crippen LogP contribution in [0.4, 0.5) is 4.39 Å². The molecule has 1 heterocycles. The maximum absolute atomic E-state index is 13.7. The van der Waals surface area contributed by atoms with Crippen LogP contribution in [0.5, 0.6) is 0 Å². The van der Waals surface area contributed by atoms with Crippen molar-refractivity contribution < 1.29 is 4.39 Å². The minimum atomic E-state index is -0.296. The SMILES string of the molecule is CCC(CC)(Cn1c(CCl)nc2cc(F)c(Br)cc21)SC. The Balaban J connectivity index is 2.58. The van der Waals surface area contributed by atoms with Crippen LogP contribution >= 0.6 is 39.3 Å². The van der Waals surface area contributed by atoms with Gasteiger partial charge < -0.3 is 4.57 Å². The Morgan fingerprint density at radius 1 is 1.38 bits per heavy atom. The normalized spacial score (nSPS) is 12.3. The van der Waals surface area contributed by atoms with Crippen LogP contribution in [0.15, 0.2) is 16.6 Å². The van der Waals surface area contributed by atoms with Gasteiger partial charge in [-0.25, -0.2) is 9.37 Å². The fourth-order valence-corrected chi connectivity index (χ4v) is 3.93. The number of hydrogen-bond acceptors (Lipinski definition) is 2. The monoisotopic (exact) mass is 392 g/mol. The molecule has 0 atom stereocenters. The first-order chi connectivity index (χ1) is 10.00. The number of imidazole rings is 1. The Morgan fingerprint density at radius 3 is 2.57 bits per heavy atom. The molecule has 0 bridgehead atoms. The van der Waals surface area contributed by atoms with Gasteiger partial charge in [-0.2, -0.15) is 11.8 Å². The number of aromatic nitrogens is 2. The molecule has 2 rings (SSSR count). The molecule has 0 unspecified atom stereocenters. The van der Waals surface area contributed by atoms with Gasteiger partial charge in [-0.1, -0.05) is 13.8 Å². The Morgan fingerprint density at radius 2 is 2.05 bits per heavy atom. The third kappa shape index (κ3) is 3.25. The summed E-state index contributed by atoms with van der Waals surface area (Å²) in [6, 6.07) is 3.26. The molecule has 0 saturated carbocycles. The van der Waals surface area contributed by atoms with E-state index >= 15 is 0 Å². The molecule has 2 aromatic rings. The third-order valence-electron chi connectivity index (χ3n) is 4.16. The van der Waals surface area contributed by atoms with E-state index < -0.39 is 0 Å². The van der Waals surface area contributed by atoms with Gasteiger partial charge in [0.15, 0.2) is 0 Å². The van der Waals surface area contributed by atoms with Crippen LogP contribution in [0, 0.1) is 5.82 Å². The lowest BCUT2D eigenvalue weighted by Crippen LogP contribution is -2.29. The number of rotatable bonds is 6. The summed E-state index contributed by atoms with van der Waals surface area (Å²) in [5.41, 5.74) is 1.59. The van der Waals surface area contributed by atoms with Crippen molar-refractivity contribution in [3.63, 3.8) is 0 Å². The van der Waals surface area contributed by atoms with Crippen molar-refractivity contribution in [1.29, 1.82) is 0 Å². The van der Waals surface area contributed by atoms with Gasteiger partial charge in [0.1, 0.15) is 11.6 Å². The zero-order valence-corrected chi connectivity index (χ0v) is 15.6. The maximum Gasteiger partial charge on any atom is 0.139 e. The zero-order chi connectivity index (χ0) is 15.6. The Hall–Kier alpha value is -0.260. The number of benzene rings is 1. The second kappa shape index (κ2) is 6.88. The van der Waals surface area contributed by atoms with Gasteiger partial charge in [-0.3, -0.25) is 0 Å². The average Bonchev–Trinajstić information content (AvgIpc) is 2.82. The molecule has 6 heteroatoms. The molecule has 0 saturated heterocycles. The first kappa shape index (κ1) is 17.1. The van der Waals surface area contributed by atoms with E-state index in [9.17, 15) is 4.39 Å². The zero-order valence-electron chi connectivity index (χ0n) is 12.4. The van der Waals surface area contributed by atoms with E-state index in [0.717, 1.165) is 30.7 Å². The molecular weight excluding hydrogens is 375 g/mol. The minimum Gasteiger partial charge on any atom is -0.326 e. The minimum absolute atomic E-state index is 0.148. The molecule has 116 valence electrons. The quantitative estimate of drug-likeness (QED) is 0.595. The average molecular weight is 394 g/mol. The Bertz CT molecular complexity index is 632. The van der Waals surface area contributed by atoms with Gasteiger partial charge in [0, 0.05) is 17.4 Å². The molecule has 0 aliphatic carbocycles. The lowest BCUT2D eigenvalue weighted by Gasteiger charge is -2.31.